The Morgan fingerprint density at radius 3 is 2.25 bits per heavy atom. The van der Waals surface area contributed by atoms with E-state index in [0.29, 0.717) is 6.54 Å². The molecule has 0 atom stereocenters. The van der Waals surface area contributed by atoms with Gasteiger partial charge in [-0.3, -0.25) is 9.59 Å². The van der Waals surface area contributed by atoms with Gasteiger partial charge in [0.2, 0.25) is 5.91 Å². The van der Waals surface area contributed by atoms with Crippen LogP contribution in [0.2, 0.25) is 0 Å². The molecule has 0 unspecified atom stereocenters. The van der Waals surface area contributed by atoms with Crippen LogP contribution in [0, 0.1) is 0 Å². The van der Waals surface area contributed by atoms with Gasteiger partial charge in [0.15, 0.2) is 9.84 Å². The van der Waals surface area contributed by atoms with E-state index >= 15 is 0 Å². The molecule has 1 saturated carbocycles. The molecule has 1 fully saturated rings. The van der Waals surface area contributed by atoms with Crippen LogP contribution in [-0.2, 0) is 19.4 Å². The number of nitrogens with zero attached hydrogens (tertiary/aromatic N) is 1. The van der Waals surface area contributed by atoms with Crippen LogP contribution in [-0.4, -0.2) is 54.4 Å². The van der Waals surface area contributed by atoms with Crippen LogP contribution in [0.3, 0.4) is 0 Å². The third-order valence-corrected chi connectivity index (χ3v) is 3.71. The van der Waals surface area contributed by atoms with Crippen molar-refractivity contribution in [3.05, 3.63) is 0 Å². The first-order valence-electron chi connectivity index (χ1n) is 5.07. The average molecular weight is 249 g/mol. The summed E-state index contributed by atoms with van der Waals surface area (Å²) in [6, 6.07) is 0.150. The summed E-state index contributed by atoms with van der Waals surface area (Å²) in [5.41, 5.74) is 0. The SMILES string of the molecule is CCN(C(=O)CS(=O)(=O)CC(=O)O)C1CC1. The highest BCUT2D eigenvalue weighted by molar-refractivity contribution is 7.92. The molecule has 1 N–H and O–H groups in total. The van der Waals surface area contributed by atoms with Crippen molar-refractivity contribution in [2.24, 2.45) is 0 Å². The third kappa shape index (κ3) is 3.80. The molecule has 1 aliphatic carbocycles. The fraction of sp³-hybridized carbons (Fsp3) is 0.778. The maximum atomic E-state index is 11.6. The monoisotopic (exact) mass is 249 g/mol. The van der Waals surface area contributed by atoms with E-state index in [1.165, 1.54) is 4.90 Å². The zero-order valence-corrected chi connectivity index (χ0v) is 9.87. The molecule has 0 saturated heterocycles. The van der Waals surface area contributed by atoms with E-state index in [2.05, 4.69) is 0 Å². The summed E-state index contributed by atoms with van der Waals surface area (Å²) >= 11 is 0. The van der Waals surface area contributed by atoms with Crippen molar-refractivity contribution in [3.8, 4) is 0 Å². The molecule has 0 radical (unpaired) electrons. The lowest BCUT2D eigenvalue weighted by Crippen LogP contribution is -2.38. The Morgan fingerprint density at radius 2 is 1.88 bits per heavy atom. The first-order valence-corrected chi connectivity index (χ1v) is 6.89. The van der Waals surface area contributed by atoms with E-state index in [0.717, 1.165) is 12.8 Å². The van der Waals surface area contributed by atoms with Gasteiger partial charge in [0, 0.05) is 12.6 Å². The molecular weight excluding hydrogens is 234 g/mol. The van der Waals surface area contributed by atoms with Crippen LogP contribution in [0.5, 0.6) is 0 Å². The summed E-state index contributed by atoms with van der Waals surface area (Å²) in [6.45, 7) is 2.24. The van der Waals surface area contributed by atoms with E-state index in [4.69, 9.17) is 5.11 Å². The summed E-state index contributed by atoms with van der Waals surface area (Å²) in [7, 11) is -3.83. The maximum absolute atomic E-state index is 11.6. The lowest BCUT2D eigenvalue weighted by atomic mass is 10.4. The zero-order valence-electron chi connectivity index (χ0n) is 9.05. The van der Waals surface area contributed by atoms with Gasteiger partial charge in [0.1, 0.15) is 11.5 Å². The number of carboxylic acid groups (broad SMARTS) is 1. The highest BCUT2D eigenvalue weighted by atomic mass is 32.2. The number of hydrogen-bond acceptors (Lipinski definition) is 4. The average Bonchev–Trinajstić information content (AvgIpc) is 2.85. The predicted molar refractivity (Wildman–Crippen MR) is 56.7 cm³/mol. The highest BCUT2D eigenvalue weighted by Crippen LogP contribution is 2.26. The predicted octanol–water partition coefficient (Wildman–Crippen LogP) is -0.503. The summed E-state index contributed by atoms with van der Waals surface area (Å²) in [5.74, 6) is -3.61. The summed E-state index contributed by atoms with van der Waals surface area (Å²) in [5, 5.41) is 8.38. The number of aliphatic carboxylic acids is 1. The summed E-state index contributed by atoms with van der Waals surface area (Å²) < 4.78 is 22.6. The van der Waals surface area contributed by atoms with E-state index in [1.807, 2.05) is 0 Å². The minimum Gasteiger partial charge on any atom is -0.480 e. The van der Waals surface area contributed by atoms with Gasteiger partial charge in [-0.25, -0.2) is 8.42 Å². The third-order valence-electron chi connectivity index (χ3n) is 2.34. The number of rotatable bonds is 6. The standard InChI is InChI=1S/C9H15NO5S/c1-2-10(7-3-4-7)8(11)5-16(14,15)6-9(12)13/h7H,2-6H2,1H3,(H,12,13). The Balaban J connectivity index is 2.58. The van der Waals surface area contributed by atoms with Gasteiger partial charge in [-0.2, -0.15) is 0 Å². The zero-order chi connectivity index (χ0) is 12.3. The largest absolute Gasteiger partial charge is 0.480 e. The second kappa shape index (κ2) is 4.82. The van der Waals surface area contributed by atoms with Crippen LogP contribution in [0.25, 0.3) is 0 Å². The Morgan fingerprint density at radius 1 is 1.31 bits per heavy atom. The topological polar surface area (TPSA) is 91.8 Å². The number of amides is 1. The molecule has 0 aliphatic heterocycles. The van der Waals surface area contributed by atoms with Crippen molar-refractivity contribution in [1.29, 1.82) is 0 Å². The van der Waals surface area contributed by atoms with Crippen molar-refractivity contribution in [3.63, 3.8) is 0 Å². The van der Waals surface area contributed by atoms with Crippen molar-refractivity contribution in [2.75, 3.05) is 18.1 Å². The van der Waals surface area contributed by atoms with Gasteiger partial charge in [0.05, 0.1) is 0 Å². The van der Waals surface area contributed by atoms with Crippen LogP contribution in [0.15, 0.2) is 0 Å². The fourth-order valence-corrected chi connectivity index (χ4v) is 2.55. The molecule has 0 aromatic rings. The Hall–Kier alpha value is -1.11. The van der Waals surface area contributed by atoms with Gasteiger partial charge in [-0.05, 0) is 19.8 Å². The van der Waals surface area contributed by atoms with Crippen molar-refractivity contribution in [2.45, 2.75) is 25.8 Å². The van der Waals surface area contributed by atoms with E-state index in [-0.39, 0.29) is 6.04 Å². The molecule has 16 heavy (non-hydrogen) atoms. The minimum absolute atomic E-state index is 0.150. The van der Waals surface area contributed by atoms with E-state index < -0.39 is 33.2 Å². The van der Waals surface area contributed by atoms with Crippen molar-refractivity contribution >= 4 is 21.7 Å². The minimum atomic E-state index is -3.83. The van der Waals surface area contributed by atoms with Gasteiger partial charge in [-0.15, -0.1) is 0 Å². The summed E-state index contributed by atoms with van der Waals surface area (Å²) in [6.07, 6.45) is 1.80. The number of carbonyl (C=O) groups excluding carboxylic acids is 1. The highest BCUT2D eigenvalue weighted by Gasteiger charge is 2.33. The Labute approximate surface area is 94.2 Å². The molecule has 0 aromatic carbocycles. The molecule has 1 rings (SSSR count). The molecule has 6 nitrogen and oxygen atoms in total. The number of hydrogen-bond donors (Lipinski definition) is 1. The van der Waals surface area contributed by atoms with Crippen LogP contribution >= 0.6 is 0 Å². The molecule has 92 valence electrons. The molecule has 7 heteroatoms. The van der Waals surface area contributed by atoms with Crippen LogP contribution < -0.4 is 0 Å². The lowest BCUT2D eigenvalue weighted by Gasteiger charge is -2.19. The molecule has 1 amide bonds. The van der Waals surface area contributed by atoms with E-state index in [1.54, 1.807) is 6.92 Å². The molecule has 0 aromatic heterocycles. The first kappa shape index (κ1) is 13.0. The molecule has 0 heterocycles. The number of sulfone groups is 1. The normalized spacial score (nSPS) is 15.8. The molecule has 0 bridgehead atoms. The van der Waals surface area contributed by atoms with E-state index in [9.17, 15) is 18.0 Å². The fourth-order valence-electron chi connectivity index (χ4n) is 1.53. The number of carboxylic acids is 1. The number of carbonyl (C=O) groups is 2. The molecular formula is C9H15NO5S. The van der Waals surface area contributed by atoms with Gasteiger partial charge in [0.25, 0.3) is 0 Å². The van der Waals surface area contributed by atoms with Crippen molar-refractivity contribution < 1.29 is 23.1 Å². The van der Waals surface area contributed by atoms with Gasteiger partial charge < -0.3 is 10.0 Å². The first-order chi connectivity index (χ1) is 7.35. The lowest BCUT2D eigenvalue weighted by molar-refractivity contribution is -0.134. The van der Waals surface area contributed by atoms with Crippen LogP contribution in [0.4, 0.5) is 0 Å². The quantitative estimate of drug-likeness (QED) is 0.685. The summed E-state index contributed by atoms with van der Waals surface area (Å²) in [4.78, 5) is 23.4. The molecule has 1 aliphatic rings. The molecule has 0 spiro atoms. The van der Waals surface area contributed by atoms with Gasteiger partial charge in [-0.1, -0.05) is 0 Å². The van der Waals surface area contributed by atoms with Crippen molar-refractivity contribution in [1.82, 2.24) is 4.90 Å². The second-order valence-corrected chi connectivity index (χ2v) is 5.90. The maximum Gasteiger partial charge on any atom is 0.318 e. The Kier molecular flexibility index (Phi) is 3.90. The smallest absolute Gasteiger partial charge is 0.318 e. The second-order valence-electron chi connectivity index (χ2n) is 3.84. The Bertz CT molecular complexity index is 385. The van der Waals surface area contributed by atoms with Crippen LogP contribution in [0.1, 0.15) is 19.8 Å². The van der Waals surface area contributed by atoms with Gasteiger partial charge >= 0.3 is 5.97 Å².